The number of aryl methyl sites for hydroxylation is 2. The Morgan fingerprint density at radius 2 is 1.73 bits per heavy atom. The van der Waals surface area contributed by atoms with Crippen LogP contribution in [0.3, 0.4) is 0 Å². The van der Waals surface area contributed by atoms with Crippen LogP contribution in [0.2, 0.25) is 0 Å². The monoisotopic (exact) mass is 208 g/mol. The van der Waals surface area contributed by atoms with Crippen LogP contribution in [0.4, 0.5) is 0 Å². The number of ether oxygens (including phenoxy) is 1. The van der Waals surface area contributed by atoms with E-state index in [-0.39, 0.29) is 6.10 Å². The summed E-state index contributed by atoms with van der Waals surface area (Å²) in [6, 6.07) is 3.98. The Balaban J connectivity index is 3.09. The van der Waals surface area contributed by atoms with Crippen molar-refractivity contribution in [1.29, 1.82) is 0 Å². The van der Waals surface area contributed by atoms with Crippen molar-refractivity contribution in [3.8, 4) is 5.75 Å². The van der Waals surface area contributed by atoms with Crippen LogP contribution in [0.15, 0.2) is 12.1 Å². The van der Waals surface area contributed by atoms with Crippen molar-refractivity contribution in [2.45, 2.75) is 40.2 Å². The average Bonchev–Trinajstić information content (AvgIpc) is 2.16. The summed E-state index contributed by atoms with van der Waals surface area (Å²) >= 11 is 0. The molecule has 15 heavy (non-hydrogen) atoms. The van der Waals surface area contributed by atoms with Gasteiger partial charge in [-0.2, -0.15) is 0 Å². The standard InChI is InChI=1S/C13H20O2/c1-5-12(14)13-9(3)7-11(15-6-2)8-10(13)4/h7-8,12,14H,5-6H2,1-4H3. The average molecular weight is 208 g/mol. The van der Waals surface area contributed by atoms with Crippen LogP contribution in [0, 0.1) is 13.8 Å². The molecule has 0 amide bonds. The van der Waals surface area contributed by atoms with Crippen LogP contribution in [-0.2, 0) is 0 Å². The molecule has 1 rings (SSSR count). The van der Waals surface area contributed by atoms with Gasteiger partial charge in [0, 0.05) is 0 Å². The molecule has 0 saturated carbocycles. The van der Waals surface area contributed by atoms with Crippen LogP contribution in [0.5, 0.6) is 5.75 Å². The molecule has 1 aromatic carbocycles. The predicted octanol–water partition coefficient (Wildman–Crippen LogP) is 3.15. The first-order chi connectivity index (χ1) is 7.10. The Bertz CT molecular complexity index is 308. The number of rotatable bonds is 4. The van der Waals surface area contributed by atoms with E-state index >= 15 is 0 Å². The highest BCUT2D eigenvalue weighted by Gasteiger charge is 2.12. The fourth-order valence-electron chi connectivity index (χ4n) is 1.91. The van der Waals surface area contributed by atoms with Crippen molar-refractivity contribution >= 4 is 0 Å². The highest BCUT2D eigenvalue weighted by Crippen LogP contribution is 2.28. The largest absolute Gasteiger partial charge is 0.494 e. The van der Waals surface area contributed by atoms with Gasteiger partial charge in [0.05, 0.1) is 12.7 Å². The van der Waals surface area contributed by atoms with E-state index in [2.05, 4.69) is 0 Å². The van der Waals surface area contributed by atoms with Crippen LogP contribution >= 0.6 is 0 Å². The number of benzene rings is 1. The molecule has 0 spiro atoms. The van der Waals surface area contributed by atoms with Crippen molar-refractivity contribution in [3.05, 3.63) is 28.8 Å². The summed E-state index contributed by atoms with van der Waals surface area (Å²) in [5.41, 5.74) is 3.25. The van der Waals surface area contributed by atoms with E-state index in [0.717, 1.165) is 28.9 Å². The molecule has 1 N–H and O–H groups in total. The molecule has 1 unspecified atom stereocenters. The molecule has 2 nitrogen and oxygen atoms in total. The molecule has 2 heteroatoms. The Morgan fingerprint density at radius 3 is 2.13 bits per heavy atom. The molecule has 0 aliphatic rings. The second-order valence-electron chi connectivity index (χ2n) is 3.83. The topological polar surface area (TPSA) is 29.5 Å². The summed E-state index contributed by atoms with van der Waals surface area (Å²) in [6.07, 6.45) is 0.385. The second-order valence-corrected chi connectivity index (χ2v) is 3.83. The van der Waals surface area contributed by atoms with E-state index in [4.69, 9.17) is 4.74 Å². The predicted molar refractivity (Wildman–Crippen MR) is 62.3 cm³/mol. The first kappa shape index (κ1) is 12.1. The zero-order valence-electron chi connectivity index (χ0n) is 10.0. The summed E-state index contributed by atoms with van der Waals surface area (Å²) in [5.74, 6) is 0.888. The molecule has 0 saturated heterocycles. The Morgan fingerprint density at radius 1 is 1.20 bits per heavy atom. The van der Waals surface area contributed by atoms with Crippen molar-refractivity contribution in [3.63, 3.8) is 0 Å². The van der Waals surface area contributed by atoms with Gasteiger partial charge in [0.1, 0.15) is 5.75 Å². The smallest absolute Gasteiger partial charge is 0.119 e. The fraction of sp³-hybridized carbons (Fsp3) is 0.538. The number of aliphatic hydroxyl groups excluding tert-OH is 1. The third-order valence-corrected chi connectivity index (χ3v) is 2.60. The Kier molecular flexibility index (Phi) is 4.15. The molecule has 0 fully saturated rings. The lowest BCUT2D eigenvalue weighted by Gasteiger charge is -2.16. The molecule has 0 bridgehead atoms. The first-order valence-electron chi connectivity index (χ1n) is 5.52. The maximum atomic E-state index is 9.87. The van der Waals surface area contributed by atoms with Gasteiger partial charge in [0.15, 0.2) is 0 Å². The van der Waals surface area contributed by atoms with Gasteiger partial charge in [-0.3, -0.25) is 0 Å². The SMILES string of the molecule is CCOc1cc(C)c(C(O)CC)c(C)c1. The van der Waals surface area contributed by atoms with Crippen LogP contribution in [-0.4, -0.2) is 11.7 Å². The van der Waals surface area contributed by atoms with E-state index in [1.165, 1.54) is 0 Å². The van der Waals surface area contributed by atoms with Gasteiger partial charge in [-0.05, 0) is 56.0 Å². The zero-order valence-corrected chi connectivity index (χ0v) is 10.0. The van der Waals surface area contributed by atoms with E-state index in [1.807, 2.05) is 39.8 Å². The molecule has 0 heterocycles. The third kappa shape index (κ3) is 2.72. The Hall–Kier alpha value is -1.02. The molecular weight excluding hydrogens is 188 g/mol. The molecule has 0 aromatic heterocycles. The van der Waals surface area contributed by atoms with Gasteiger partial charge >= 0.3 is 0 Å². The van der Waals surface area contributed by atoms with Crippen LogP contribution < -0.4 is 4.74 Å². The summed E-state index contributed by atoms with van der Waals surface area (Å²) < 4.78 is 5.45. The van der Waals surface area contributed by atoms with Gasteiger partial charge < -0.3 is 9.84 Å². The summed E-state index contributed by atoms with van der Waals surface area (Å²) in [7, 11) is 0. The number of aliphatic hydroxyl groups is 1. The molecule has 0 aliphatic carbocycles. The Labute approximate surface area is 91.9 Å². The molecule has 1 atom stereocenters. The summed E-state index contributed by atoms with van der Waals surface area (Å²) in [4.78, 5) is 0. The highest BCUT2D eigenvalue weighted by atomic mass is 16.5. The number of hydrogen-bond donors (Lipinski definition) is 1. The van der Waals surface area contributed by atoms with Crippen molar-refractivity contribution in [2.24, 2.45) is 0 Å². The minimum absolute atomic E-state index is 0.360. The van der Waals surface area contributed by atoms with Gasteiger partial charge in [-0.25, -0.2) is 0 Å². The lowest BCUT2D eigenvalue weighted by Crippen LogP contribution is -2.03. The van der Waals surface area contributed by atoms with E-state index in [0.29, 0.717) is 6.61 Å². The third-order valence-electron chi connectivity index (χ3n) is 2.60. The van der Waals surface area contributed by atoms with E-state index in [9.17, 15) is 5.11 Å². The summed E-state index contributed by atoms with van der Waals surface area (Å²) in [5, 5.41) is 9.87. The van der Waals surface area contributed by atoms with Crippen LogP contribution in [0.1, 0.15) is 43.1 Å². The second kappa shape index (κ2) is 5.17. The van der Waals surface area contributed by atoms with Gasteiger partial charge in [0.2, 0.25) is 0 Å². The highest BCUT2D eigenvalue weighted by molar-refractivity contribution is 5.42. The van der Waals surface area contributed by atoms with Gasteiger partial charge in [-0.15, -0.1) is 0 Å². The minimum Gasteiger partial charge on any atom is -0.494 e. The molecule has 1 aromatic rings. The summed E-state index contributed by atoms with van der Waals surface area (Å²) in [6.45, 7) is 8.67. The van der Waals surface area contributed by atoms with Crippen LogP contribution in [0.25, 0.3) is 0 Å². The lowest BCUT2D eigenvalue weighted by atomic mass is 9.96. The fourth-order valence-corrected chi connectivity index (χ4v) is 1.91. The van der Waals surface area contributed by atoms with Crippen molar-refractivity contribution in [1.82, 2.24) is 0 Å². The van der Waals surface area contributed by atoms with E-state index < -0.39 is 0 Å². The molecule has 84 valence electrons. The maximum Gasteiger partial charge on any atom is 0.119 e. The maximum absolute atomic E-state index is 9.87. The lowest BCUT2D eigenvalue weighted by molar-refractivity contribution is 0.172. The molecule has 0 aliphatic heterocycles. The minimum atomic E-state index is -0.360. The normalized spacial score (nSPS) is 12.6. The quantitative estimate of drug-likeness (QED) is 0.823. The number of hydrogen-bond acceptors (Lipinski definition) is 2. The van der Waals surface area contributed by atoms with Crippen molar-refractivity contribution in [2.75, 3.05) is 6.61 Å². The molecule has 0 radical (unpaired) electrons. The molecular formula is C13H20O2. The van der Waals surface area contributed by atoms with E-state index in [1.54, 1.807) is 0 Å². The van der Waals surface area contributed by atoms with Gasteiger partial charge in [-0.1, -0.05) is 6.92 Å². The first-order valence-corrected chi connectivity index (χ1v) is 5.52. The van der Waals surface area contributed by atoms with Gasteiger partial charge in [0.25, 0.3) is 0 Å². The zero-order chi connectivity index (χ0) is 11.4. The van der Waals surface area contributed by atoms with Crippen molar-refractivity contribution < 1.29 is 9.84 Å².